The van der Waals surface area contributed by atoms with Gasteiger partial charge in [0.25, 0.3) is 5.91 Å². The SMILES string of the molecule is CC(C)[C@H]1CN(C(=O)c2ccn(C)n2)CCCN1CC1CC1. The standard InChI is InChI=1S/C17H28N4O/c1-13(2)16-12-21(17(22)15-7-10-19(3)18-15)9-4-8-20(16)11-14-5-6-14/h7,10,13-14,16H,4-6,8-9,11-12H2,1-3H3/t16-/m1/s1. The van der Waals surface area contributed by atoms with Gasteiger partial charge in [0.15, 0.2) is 0 Å². The van der Waals surface area contributed by atoms with Gasteiger partial charge in [-0.25, -0.2) is 0 Å². The molecule has 0 bridgehead atoms. The fourth-order valence-electron chi connectivity index (χ4n) is 3.43. The van der Waals surface area contributed by atoms with E-state index in [2.05, 4.69) is 23.8 Å². The van der Waals surface area contributed by atoms with Crippen molar-refractivity contribution in [1.82, 2.24) is 19.6 Å². The second-order valence-electron chi connectivity index (χ2n) is 7.23. The second-order valence-corrected chi connectivity index (χ2v) is 7.23. The van der Waals surface area contributed by atoms with Crippen molar-refractivity contribution in [2.75, 3.05) is 26.2 Å². The summed E-state index contributed by atoms with van der Waals surface area (Å²) < 4.78 is 1.70. The van der Waals surface area contributed by atoms with E-state index >= 15 is 0 Å². The van der Waals surface area contributed by atoms with Gasteiger partial charge in [0.1, 0.15) is 5.69 Å². The zero-order chi connectivity index (χ0) is 15.7. The van der Waals surface area contributed by atoms with Crippen molar-refractivity contribution in [3.05, 3.63) is 18.0 Å². The average Bonchev–Trinajstić information content (AvgIpc) is 3.23. The van der Waals surface area contributed by atoms with Crippen molar-refractivity contribution < 1.29 is 4.79 Å². The van der Waals surface area contributed by atoms with E-state index in [1.54, 1.807) is 4.68 Å². The molecule has 1 saturated heterocycles. The molecule has 1 aromatic heterocycles. The normalized spacial score (nSPS) is 23.8. The molecule has 1 saturated carbocycles. The van der Waals surface area contributed by atoms with Crippen LogP contribution in [-0.4, -0.2) is 57.7 Å². The van der Waals surface area contributed by atoms with E-state index in [1.807, 2.05) is 24.2 Å². The molecule has 122 valence electrons. The van der Waals surface area contributed by atoms with Gasteiger partial charge in [-0.15, -0.1) is 0 Å². The van der Waals surface area contributed by atoms with E-state index < -0.39 is 0 Å². The van der Waals surface area contributed by atoms with Gasteiger partial charge in [-0.05, 0) is 37.2 Å². The maximum atomic E-state index is 12.7. The Hall–Kier alpha value is -1.36. The van der Waals surface area contributed by atoms with Gasteiger partial charge in [-0.1, -0.05) is 13.8 Å². The van der Waals surface area contributed by atoms with E-state index in [1.165, 1.54) is 19.4 Å². The third-order valence-corrected chi connectivity index (χ3v) is 4.93. The average molecular weight is 304 g/mol. The number of carbonyl (C=O) groups excluding carboxylic acids is 1. The summed E-state index contributed by atoms with van der Waals surface area (Å²) in [5.74, 6) is 1.55. The highest BCUT2D eigenvalue weighted by Gasteiger charge is 2.33. The zero-order valence-electron chi connectivity index (χ0n) is 14.0. The molecule has 0 aromatic carbocycles. The quantitative estimate of drug-likeness (QED) is 0.854. The summed E-state index contributed by atoms with van der Waals surface area (Å²) in [6.07, 6.45) is 5.68. The van der Waals surface area contributed by atoms with E-state index in [4.69, 9.17) is 0 Å². The largest absolute Gasteiger partial charge is 0.336 e. The molecule has 1 amide bonds. The van der Waals surface area contributed by atoms with Crippen LogP contribution in [-0.2, 0) is 7.05 Å². The summed E-state index contributed by atoms with van der Waals surface area (Å²) in [6.45, 7) is 8.57. The van der Waals surface area contributed by atoms with Crippen LogP contribution in [0.5, 0.6) is 0 Å². The highest BCUT2D eigenvalue weighted by atomic mass is 16.2. The van der Waals surface area contributed by atoms with Crippen molar-refractivity contribution in [2.24, 2.45) is 18.9 Å². The molecule has 5 nitrogen and oxygen atoms in total. The molecular formula is C17H28N4O. The molecule has 0 N–H and O–H groups in total. The minimum absolute atomic E-state index is 0.0829. The zero-order valence-corrected chi connectivity index (χ0v) is 14.0. The highest BCUT2D eigenvalue weighted by molar-refractivity contribution is 5.92. The maximum Gasteiger partial charge on any atom is 0.274 e. The first-order chi connectivity index (χ1) is 10.5. The van der Waals surface area contributed by atoms with Crippen LogP contribution in [0, 0.1) is 11.8 Å². The highest BCUT2D eigenvalue weighted by Crippen LogP contribution is 2.32. The van der Waals surface area contributed by atoms with Gasteiger partial charge < -0.3 is 4.90 Å². The first-order valence-electron chi connectivity index (χ1n) is 8.57. The fraction of sp³-hybridized carbons (Fsp3) is 0.765. The van der Waals surface area contributed by atoms with Crippen molar-refractivity contribution in [1.29, 1.82) is 0 Å². The minimum Gasteiger partial charge on any atom is -0.336 e. The molecule has 2 fully saturated rings. The monoisotopic (exact) mass is 304 g/mol. The Morgan fingerprint density at radius 1 is 1.36 bits per heavy atom. The molecule has 2 heterocycles. The van der Waals surface area contributed by atoms with E-state index in [-0.39, 0.29) is 5.91 Å². The topological polar surface area (TPSA) is 41.4 Å². The number of rotatable bonds is 4. The molecule has 3 rings (SSSR count). The number of aromatic nitrogens is 2. The number of aryl methyl sites for hydroxylation is 1. The minimum atomic E-state index is 0.0829. The summed E-state index contributed by atoms with van der Waals surface area (Å²) >= 11 is 0. The van der Waals surface area contributed by atoms with Crippen molar-refractivity contribution in [2.45, 2.75) is 39.2 Å². The van der Waals surface area contributed by atoms with Crippen LogP contribution in [0.15, 0.2) is 12.3 Å². The molecule has 22 heavy (non-hydrogen) atoms. The van der Waals surface area contributed by atoms with Gasteiger partial charge in [0, 0.05) is 45.5 Å². The lowest BCUT2D eigenvalue weighted by Gasteiger charge is -2.34. The summed E-state index contributed by atoms with van der Waals surface area (Å²) in [5, 5.41) is 4.28. The number of hydrogen-bond donors (Lipinski definition) is 0. The molecular weight excluding hydrogens is 276 g/mol. The van der Waals surface area contributed by atoms with Crippen LogP contribution in [0.4, 0.5) is 0 Å². The Labute approximate surface area is 133 Å². The van der Waals surface area contributed by atoms with E-state index in [0.29, 0.717) is 17.7 Å². The fourth-order valence-corrected chi connectivity index (χ4v) is 3.43. The molecule has 1 aliphatic heterocycles. The lowest BCUT2D eigenvalue weighted by atomic mass is 10.0. The van der Waals surface area contributed by atoms with E-state index in [0.717, 1.165) is 32.0 Å². The maximum absolute atomic E-state index is 12.7. The number of hydrogen-bond acceptors (Lipinski definition) is 3. The van der Waals surface area contributed by atoms with Crippen LogP contribution in [0.25, 0.3) is 0 Å². The van der Waals surface area contributed by atoms with Crippen LogP contribution in [0.1, 0.15) is 43.6 Å². The lowest BCUT2D eigenvalue weighted by Crippen LogP contribution is -2.46. The number of carbonyl (C=O) groups is 1. The lowest BCUT2D eigenvalue weighted by molar-refractivity contribution is 0.0698. The number of nitrogens with zero attached hydrogens (tertiary/aromatic N) is 4. The van der Waals surface area contributed by atoms with Crippen LogP contribution < -0.4 is 0 Å². The Morgan fingerprint density at radius 3 is 2.73 bits per heavy atom. The second kappa shape index (κ2) is 6.41. The Balaban J connectivity index is 1.71. The molecule has 0 radical (unpaired) electrons. The molecule has 1 aromatic rings. The molecule has 1 atom stereocenters. The first kappa shape index (κ1) is 15.5. The van der Waals surface area contributed by atoms with Gasteiger partial charge in [0.05, 0.1) is 0 Å². The van der Waals surface area contributed by atoms with Crippen molar-refractivity contribution in [3.63, 3.8) is 0 Å². The Morgan fingerprint density at radius 2 is 2.14 bits per heavy atom. The van der Waals surface area contributed by atoms with Gasteiger partial charge in [-0.2, -0.15) is 5.10 Å². The van der Waals surface area contributed by atoms with Crippen LogP contribution in [0.3, 0.4) is 0 Å². The smallest absolute Gasteiger partial charge is 0.274 e. The molecule has 5 heteroatoms. The van der Waals surface area contributed by atoms with Crippen molar-refractivity contribution >= 4 is 5.91 Å². The van der Waals surface area contributed by atoms with E-state index in [9.17, 15) is 4.79 Å². The molecule has 1 aliphatic carbocycles. The summed E-state index contributed by atoms with van der Waals surface area (Å²) in [5.41, 5.74) is 0.570. The first-order valence-corrected chi connectivity index (χ1v) is 8.57. The van der Waals surface area contributed by atoms with Crippen LogP contribution in [0.2, 0.25) is 0 Å². The molecule has 0 unspecified atom stereocenters. The third kappa shape index (κ3) is 3.51. The molecule has 0 spiro atoms. The number of amides is 1. The van der Waals surface area contributed by atoms with Gasteiger partial charge in [0.2, 0.25) is 0 Å². The predicted octanol–water partition coefficient (Wildman–Crippen LogP) is 2.00. The Bertz CT molecular complexity index is 520. The van der Waals surface area contributed by atoms with Crippen molar-refractivity contribution in [3.8, 4) is 0 Å². The summed E-state index contributed by atoms with van der Waals surface area (Å²) in [7, 11) is 1.85. The van der Waals surface area contributed by atoms with Gasteiger partial charge >= 0.3 is 0 Å². The molecule has 2 aliphatic rings. The Kier molecular flexibility index (Phi) is 4.52. The summed E-state index contributed by atoms with van der Waals surface area (Å²) in [6, 6.07) is 2.29. The third-order valence-electron chi connectivity index (χ3n) is 4.93. The summed E-state index contributed by atoms with van der Waals surface area (Å²) in [4.78, 5) is 17.4. The predicted molar refractivity (Wildman–Crippen MR) is 86.7 cm³/mol. The van der Waals surface area contributed by atoms with Gasteiger partial charge in [-0.3, -0.25) is 14.4 Å². The van der Waals surface area contributed by atoms with Crippen LogP contribution >= 0.6 is 0 Å².